The van der Waals surface area contributed by atoms with Crippen molar-refractivity contribution < 1.29 is 13.2 Å². The summed E-state index contributed by atoms with van der Waals surface area (Å²) in [4.78, 5) is 25.4. The van der Waals surface area contributed by atoms with Crippen LogP contribution in [0.5, 0.6) is 0 Å². The Kier molecular flexibility index (Phi) is 4.49. The number of nitrogens with zero attached hydrogens (tertiary/aromatic N) is 3. The van der Waals surface area contributed by atoms with Crippen LogP contribution in [0, 0.1) is 5.41 Å². The zero-order valence-corrected chi connectivity index (χ0v) is 16.8. The van der Waals surface area contributed by atoms with Gasteiger partial charge in [-0.05, 0) is 31.4 Å². The van der Waals surface area contributed by atoms with Gasteiger partial charge in [0.15, 0.2) is 0 Å². The predicted molar refractivity (Wildman–Crippen MR) is 110 cm³/mol. The van der Waals surface area contributed by atoms with Crippen LogP contribution in [0.3, 0.4) is 0 Å². The topological polar surface area (TPSA) is 73.9 Å². The number of pyridine rings is 1. The van der Waals surface area contributed by atoms with E-state index in [-0.39, 0.29) is 15.9 Å². The first-order valence-corrected chi connectivity index (χ1v) is 10.6. The van der Waals surface area contributed by atoms with Gasteiger partial charge < -0.3 is 15.2 Å². The second kappa shape index (κ2) is 6.97. The molecule has 2 fully saturated rings. The summed E-state index contributed by atoms with van der Waals surface area (Å²) in [5.74, 6) is 0.729. The average molecular weight is 435 g/mol. The molecule has 10 heteroatoms. The van der Waals surface area contributed by atoms with E-state index in [4.69, 9.17) is 0 Å². The molecule has 1 saturated carbocycles. The van der Waals surface area contributed by atoms with E-state index in [0.29, 0.717) is 16.3 Å². The molecule has 5 rings (SSSR count). The van der Waals surface area contributed by atoms with Gasteiger partial charge in [0.2, 0.25) is 5.56 Å². The molecule has 0 aromatic carbocycles. The van der Waals surface area contributed by atoms with Gasteiger partial charge in [0.1, 0.15) is 17.0 Å². The lowest BCUT2D eigenvalue weighted by molar-refractivity contribution is -0.126. The van der Waals surface area contributed by atoms with Gasteiger partial charge in [-0.2, -0.15) is 13.2 Å². The molecule has 6 nitrogen and oxygen atoms in total. The maximum Gasteiger partial charge on any atom is 0.393 e. The number of hydrogen-bond donors (Lipinski definition) is 2. The van der Waals surface area contributed by atoms with Crippen molar-refractivity contribution in [2.45, 2.75) is 37.9 Å². The number of hydrogen-bond acceptors (Lipinski definition) is 6. The third-order valence-electron chi connectivity index (χ3n) is 5.94. The van der Waals surface area contributed by atoms with Gasteiger partial charge in [0, 0.05) is 41.7 Å². The molecule has 0 radical (unpaired) electrons. The fraction of sp³-hybridized carbons (Fsp3) is 0.450. The standard InChI is InChI=1S/C20H20F3N5OS/c21-20(22,23)7-14-5-15-17(25-11-26-18(15)30-14)28-9-19(10-28)4-3-12(6-19)27-13-1-2-16(29)24-8-13/h1-2,5,8,11-12,27H,3-4,6-7,9-10H2,(H,24,29). The number of aromatic nitrogens is 3. The van der Waals surface area contributed by atoms with Crippen molar-refractivity contribution in [1.82, 2.24) is 15.0 Å². The van der Waals surface area contributed by atoms with Crippen molar-refractivity contribution >= 4 is 33.1 Å². The number of aromatic amines is 1. The SMILES string of the molecule is O=c1ccc(NC2CCC3(C2)CN(c2ncnc4sc(CC(F)(F)F)cc24)C3)c[nH]1. The summed E-state index contributed by atoms with van der Waals surface area (Å²) in [6.45, 7) is 1.68. The molecule has 2 aliphatic rings. The normalized spacial score (nSPS) is 20.6. The molecule has 3 aromatic heterocycles. The molecule has 3 aromatic rings. The van der Waals surface area contributed by atoms with E-state index in [1.807, 2.05) is 0 Å². The first-order chi connectivity index (χ1) is 14.3. The highest BCUT2D eigenvalue weighted by molar-refractivity contribution is 7.18. The Bertz CT molecular complexity index is 1110. The van der Waals surface area contributed by atoms with E-state index in [0.717, 1.165) is 55.2 Å². The monoisotopic (exact) mass is 435 g/mol. The van der Waals surface area contributed by atoms with Crippen molar-refractivity contribution in [3.8, 4) is 0 Å². The second-order valence-electron chi connectivity index (χ2n) is 8.30. The number of fused-ring (bicyclic) bond motifs is 1. The molecule has 158 valence electrons. The minimum Gasteiger partial charge on any atom is -0.381 e. The number of H-pyrrole nitrogens is 1. The molecule has 4 heterocycles. The molecule has 1 aliphatic carbocycles. The van der Waals surface area contributed by atoms with Crippen LogP contribution in [0.1, 0.15) is 24.1 Å². The largest absolute Gasteiger partial charge is 0.393 e. The molecular formula is C20H20F3N5OS. The number of thiophene rings is 1. The lowest BCUT2D eigenvalue weighted by Crippen LogP contribution is -2.56. The van der Waals surface area contributed by atoms with E-state index in [9.17, 15) is 18.0 Å². The highest BCUT2D eigenvalue weighted by atomic mass is 32.1. The number of rotatable bonds is 4. The zero-order chi connectivity index (χ0) is 20.9. The van der Waals surface area contributed by atoms with Gasteiger partial charge in [-0.3, -0.25) is 4.79 Å². The molecular weight excluding hydrogens is 415 g/mol. The molecule has 0 bridgehead atoms. The van der Waals surface area contributed by atoms with Crippen LogP contribution in [0.15, 0.2) is 35.5 Å². The number of anilines is 2. The van der Waals surface area contributed by atoms with Gasteiger partial charge in [0.25, 0.3) is 0 Å². The fourth-order valence-electron chi connectivity index (χ4n) is 4.70. The highest BCUT2D eigenvalue weighted by Gasteiger charge is 2.48. The van der Waals surface area contributed by atoms with Crippen molar-refractivity contribution in [3.05, 3.63) is 46.0 Å². The Labute approximate surface area is 174 Å². The number of halogens is 3. The lowest BCUT2D eigenvalue weighted by atomic mass is 9.78. The Morgan fingerprint density at radius 2 is 2.13 bits per heavy atom. The highest BCUT2D eigenvalue weighted by Crippen LogP contribution is 2.48. The summed E-state index contributed by atoms with van der Waals surface area (Å²) in [6, 6.07) is 5.21. The summed E-state index contributed by atoms with van der Waals surface area (Å²) in [5.41, 5.74) is 0.976. The Morgan fingerprint density at radius 3 is 2.87 bits per heavy atom. The van der Waals surface area contributed by atoms with E-state index in [1.165, 1.54) is 12.4 Å². The van der Waals surface area contributed by atoms with Gasteiger partial charge >= 0.3 is 6.18 Å². The van der Waals surface area contributed by atoms with Gasteiger partial charge in [-0.25, -0.2) is 9.97 Å². The van der Waals surface area contributed by atoms with Crippen LogP contribution in [0.4, 0.5) is 24.7 Å². The van der Waals surface area contributed by atoms with Crippen LogP contribution >= 0.6 is 11.3 Å². The maximum atomic E-state index is 12.8. The Hall–Kier alpha value is -2.62. The van der Waals surface area contributed by atoms with Crippen LogP contribution in [-0.2, 0) is 6.42 Å². The molecule has 30 heavy (non-hydrogen) atoms. The van der Waals surface area contributed by atoms with Crippen molar-refractivity contribution in [2.75, 3.05) is 23.3 Å². The van der Waals surface area contributed by atoms with Crippen LogP contribution < -0.4 is 15.8 Å². The molecule has 1 saturated heterocycles. The minimum absolute atomic E-state index is 0.124. The van der Waals surface area contributed by atoms with Gasteiger partial charge in [-0.15, -0.1) is 11.3 Å². The maximum absolute atomic E-state index is 12.8. The third-order valence-corrected chi connectivity index (χ3v) is 6.99. The van der Waals surface area contributed by atoms with Crippen molar-refractivity contribution in [1.29, 1.82) is 0 Å². The predicted octanol–water partition coefficient (Wildman–Crippen LogP) is 3.96. The van der Waals surface area contributed by atoms with Crippen molar-refractivity contribution in [2.24, 2.45) is 5.41 Å². The number of alkyl halides is 3. The molecule has 1 aliphatic heterocycles. The quantitative estimate of drug-likeness (QED) is 0.649. The summed E-state index contributed by atoms with van der Waals surface area (Å²) in [7, 11) is 0. The minimum atomic E-state index is -4.23. The number of nitrogens with one attached hydrogen (secondary N) is 2. The van der Waals surface area contributed by atoms with Crippen LogP contribution in [-0.4, -0.2) is 40.3 Å². The first-order valence-electron chi connectivity index (χ1n) is 9.79. The Balaban J connectivity index is 1.27. The smallest absolute Gasteiger partial charge is 0.381 e. The summed E-state index contributed by atoms with van der Waals surface area (Å²) < 4.78 is 38.3. The molecule has 1 spiro atoms. The lowest BCUT2D eigenvalue weighted by Gasteiger charge is -2.49. The molecule has 0 amide bonds. The molecule has 2 N–H and O–H groups in total. The zero-order valence-electron chi connectivity index (χ0n) is 16.0. The van der Waals surface area contributed by atoms with Gasteiger partial charge in [-0.1, -0.05) is 0 Å². The van der Waals surface area contributed by atoms with E-state index in [1.54, 1.807) is 18.3 Å². The second-order valence-corrected chi connectivity index (χ2v) is 9.42. The van der Waals surface area contributed by atoms with E-state index < -0.39 is 12.6 Å². The fourth-order valence-corrected chi connectivity index (χ4v) is 5.72. The molecule has 1 unspecified atom stereocenters. The summed E-state index contributed by atoms with van der Waals surface area (Å²) >= 11 is 1.08. The summed E-state index contributed by atoms with van der Waals surface area (Å²) in [6.07, 6.45) is 1.10. The average Bonchev–Trinajstić information content (AvgIpc) is 3.24. The molecule has 1 atom stereocenters. The van der Waals surface area contributed by atoms with Gasteiger partial charge in [0.05, 0.1) is 17.5 Å². The van der Waals surface area contributed by atoms with E-state index >= 15 is 0 Å². The van der Waals surface area contributed by atoms with Crippen LogP contribution in [0.2, 0.25) is 0 Å². The van der Waals surface area contributed by atoms with Crippen molar-refractivity contribution in [3.63, 3.8) is 0 Å². The van der Waals surface area contributed by atoms with Crippen LogP contribution in [0.25, 0.3) is 10.2 Å². The summed E-state index contributed by atoms with van der Waals surface area (Å²) in [5, 5.41) is 4.19. The third kappa shape index (κ3) is 3.76. The first kappa shape index (κ1) is 19.3. The Morgan fingerprint density at radius 1 is 1.30 bits per heavy atom. The van der Waals surface area contributed by atoms with E-state index in [2.05, 4.69) is 25.2 Å².